The zero-order valence-corrected chi connectivity index (χ0v) is 16.3. The maximum atomic E-state index is 5.75. The summed E-state index contributed by atoms with van der Waals surface area (Å²) in [6.45, 7) is 2.83. The summed E-state index contributed by atoms with van der Waals surface area (Å²) in [5.41, 5.74) is 2.15. The molecule has 0 amide bonds. The molecule has 7 heteroatoms. The highest BCUT2D eigenvalue weighted by Gasteiger charge is 2.29. The van der Waals surface area contributed by atoms with Gasteiger partial charge in [-0.3, -0.25) is 4.90 Å². The average molecular weight is 393 g/mol. The van der Waals surface area contributed by atoms with E-state index in [2.05, 4.69) is 27.2 Å². The lowest BCUT2D eigenvalue weighted by Gasteiger charge is -2.25. The van der Waals surface area contributed by atoms with E-state index in [4.69, 9.17) is 18.7 Å². The van der Waals surface area contributed by atoms with Crippen LogP contribution in [0, 0.1) is 0 Å². The number of hydrogen-bond acceptors (Lipinski definition) is 7. The van der Waals surface area contributed by atoms with E-state index in [0.29, 0.717) is 37.5 Å². The van der Waals surface area contributed by atoms with Gasteiger partial charge in [0.15, 0.2) is 11.5 Å². The Kier molecular flexibility index (Phi) is 4.81. The number of benzene rings is 2. The first-order chi connectivity index (χ1) is 14.3. The third-order valence-corrected chi connectivity index (χ3v) is 5.47. The number of rotatable bonds is 5. The molecule has 0 saturated carbocycles. The van der Waals surface area contributed by atoms with Gasteiger partial charge in [-0.1, -0.05) is 11.2 Å². The van der Waals surface area contributed by atoms with Gasteiger partial charge in [-0.15, -0.1) is 0 Å². The van der Waals surface area contributed by atoms with Crippen molar-refractivity contribution in [2.45, 2.75) is 25.4 Å². The van der Waals surface area contributed by atoms with Gasteiger partial charge in [0.1, 0.15) is 19.0 Å². The molecule has 1 saturated heterocycles. The number of likely N-dealkylation sites (tertiary alicyclic amines) is 1. The van der Waals surface area contributed by atoms with E-state index >= 15 is 0 Å². The van der Waals surface area contributed by atoms with Crippen LogP contribution < -0.4 is 14.2 Å². The Morgan fingerprint density at radius 2 is 1.90 bits per heavy atom. The van der Waals surface area contributed by atoms with Crippen molar-refractivity contribution < 1.29 is 18.7 Å². The number of methoxy groups -OCH3 is 1. The van der Waals surface area contributed by atoms with Gasteiger partial charge >= 0.3 is 0 Å². The molecule has 29 heavy (non-hydrogen) atoms. The van der Waals surface area contributed by atoms with Gasteiger partial charge in [0.25, 0.3) is 0 Å². The van der Waals surface area contributed by atoms with E-state index in [1.807, 2.05) is 30.3 Å². The zero-order valence-electron chi connectivity index (χ0n) is 16.3. The van der Waals surface area contributed by atoms with E-state index in [-0.39, 0.29) is 0 Å². The van der Waals surface area contributed by atoms with Crippen LogP contribution in [0.1, 0.15) is 30.3 Å². The number of nitrogens with zero attached hydrogens (tertiary/aromatic N) is 3. The Morgan fingerprint density at radius 1 is 1.07 bits per heavy atom. The Balaban J connectivity index is 1.31. The molecule has 0 spiro atoms. The smallest absolute Gasteiger partial charge is 0.241 e. The van der Waals surface area contributed by atoms with Crippen LogP contribution in [0.5, 0.6) is 17.2 Å². The zero-order chi connectivity index (χ0) is 19.6. The Morgan fingerprint density at radius 3 is 2.72 bits per heavy atom. The molecule has 7 nitrogen and oxygen atoms in total. The average Bonchev–Trinajstić information content (AvgIpc) is 3.43. The number of hydrogen-bond donors (Lipinski definition) is 0. The molecule has 3 heterocycles. The van der Waals surface area contributed by atoms with E-state index in [9.17, 15) is 0 Å². The number of fused-ring (bicyclic) bond motifs is 1. The van der Waals surface area contributed by atoms with Gasteiger partial charge in [0, 0.05) is 11.6 Å². The Labute approximate surface area is 169 Å². The summed E-state index contributed by atoms with van der Waals surface area (Å²) in [6, 6.07) is 14.2. The normalized spacial score (nSPS) is 18.7. The molecule has 150 valence electrons. The summed E-state index contributed by atoms with van der Waals surface area (Å²) < 4.78 is 22.1. The molecule has 2 aliphatic heterocycles. The van der Waals surface area contributed by atoms with Crippen molar-refractivity contribution in [1.29, 1.82) is 0 Å². The van der Waals surface area contributed by atoms with Crippen LogP contribution in [0.4, 0.5) is 0 Å². The lowest BCUT2D eigenvalue weighted by Crippen LogP contribution is -2.23. The first-order valence-corrected chi connectivity index (χ1v) is 9.91. The maximum absolute atomic E-state index is 5.75. The van der Waals surface area contributed by atoms with Crippen molar-refractivity contribution in [2.24, 2.45) is 0 Å². The summed E-state index contributed by atoms with van der Waals surface area (Å²) in [5, 5.41) is 4.15. The fraction of sp³-hybridized carbons (Fsp3) is 0.364. The Bertz CT molecular complexity index is 986. The second-order valence-electron chi connectivity index (χ2n) is 7.27. The lowest BCUT2D eigenvalue weighted by atomic mass is 10.0. The highest BCUT2D eigenvalue weighted by molar-refractivity contribution is 5.55. The van der Waals surface area contributed by atoms with E-state index in [0.717, 1.165) is 42.2 Å². The predicted molar refractivity (Wildman–Crippen MR) is 106 cm³/mol. The van der Waals surface area contributed by atoms with Crippen LogP contribution in [0.2, 0.25) is 0 Å². The van der Waals surface area contributed by atoms with Crippen LogP contribution in [0.15, 0.2) is 47.0 Å². The molecule has 0 radical (unpaired) electrons. The highest BCUT2D eigenvalue weighted by Crippen LogP contribution is 2.38. The van der Waals surface area contributed by atoms with E-state index in [1.165, 1.54) is 5.56 Å². The summed E-state index contributed by atoms with van der Waals surface area (Å²) in [4.78, 5) is 6.98. The quantitative estimate of drug-likeness (QED) is 0.652. The molecular weight excluding hydrogens is 370 g/mol. The molecule has 3 aromatic rings. The first kappa shape index (κ1) is 18.0. The van der Waals surface area contributed by atoms with Crippen LogP contribution >= 0.6 is 0 Å². The van der Waals surface area contributed by atoms with Crippen molar-refractivity contribution in [3.8, 4) is 28.6 Å². The number of aromatic nitrogens is 2. The molecule has 5 rings (SSSR count). The largest absolute Gasteiger partial charge is 0.497 e. The second-order valence-corrected chi connectivity index (χ2v) is 7.27. The van der Waals surface area contributed by atoms with Crippen LogP contribution in [0.3, 0.4) is 0 Å². The second kappa shape index (κ2) is 7.75. The monoisotopic (exact) mass is 393 g/mol. The van der Waals surface area contributed by atoms with Gasteiger partial charge < -0.3 is 18.7 Å². The molecule has 2 aliphatic rings. The van der Waals surface area contributed by atoms with Crippen molar-refractivity contribution in [2.75, 3.05) is 26.9 Å². The lowest BCUT2D eigenvalue weighted by molar-refractivity contribution is 0.170. The third kappa shape index (κ3) is 3.65. The van der Waals surface area contributed by atoms with Crippen molar-refractivity contribution in [3.63, 3.8) is 0 Å². The summed E-state index contributed by atoms with van der Waals surface area (Å²) in [5.74, 6) is 3.68. The van der Waals surface area contributed by atoms with Gasteiger partial charge in [0.2, 0.25) is 11.7 Å². The van der Waals surface area contributed by atoms with Gasteiger partial charge in [-0.2, -0.15) is 4.98 Å². The highest BCUT2D eigenvalue weighted by atomic mass is 16.6. The molecular formula is C22H23N3O4. The van der Waals surface area contributed by atoms with Gasteiger partial charge in [-0.05, 0) is 61.3 Å². The first-order valence-electron chi connectivity index (χ1n) is 9.91. The van der Waals surface area contributed by atoms with Crippen molar-refractivity contribution in [1.82, 2.24) is 15.0 Å². The van der Waals surface area contributed by atoms with Crippen molar-refractivity contribution in [3.05, 3.63) is 53.9 Å². The molecule has 0 bridgehead atoms. The Hall–Kier alpha value is -3.06. The fourth-order valence-corrected chi connectivity index (χ4v) is 4.01. The maximum Gasteiger partial charge on any atom is 0.241 e. The minimum atomic E-state index is 0.308. The fourth-order valence-electron chi connectivity index (χ4n) is 4.01. The molecule has 1 fully saturated rings. The molecule has 1 aromatic heterocycles. The molecule has 0 unspecified atom stereocenters. The SMILES string of the molecule is COc1ccc(-c2noc(CN3CCC[C@H]3c3ccc4c(c3)OCCO4)n2)cc1. The van der Waals surface area contributed by atoms with Crippen LogP contribution in [-0.2, 0) is 6.54 Å². The summed E-state index contributed by atoms with van der Waals surface area (Å²) >= 11 is 0. The molecule has 0 N–H and O–H groups in total. The van der Waals surface area contributed by atoms with E-state index in [1.54, 1.807) is 7.11 Å². The van der Waals surface area contributed by atoms with E-state index < -0.39 is 0 Å². The topological polar surface area (TPSA) is 69.9 Å². The van der Waals surface area contributed by atoms with Crippen LogP contribution in [0.25, 0.3) is 11.4 Å². The molecule has 0 aliphatic carbocycles. The van der Waals surface area contributed by atoms with Gasteiger partial charge in [-0.25, -0.2) is 0 Å². The molecule has 2 aromatic carbocycles. The molecule has 1 atom stereocenters. The van der Waals surface area contributed by atoms with Crippen molar-refractivity contribution >= 4 is 0 Å². The van der Waals surface area contributed by atoms with Crippen LogP contribution in [-0.4, -0.2) is 41.9 Å². The summed E-state index contributed by atoms with van der Waals surface area (Å²) in [6.07, 6.45) is 2.23. The minimum absolute atomic E-state index is 0.308. The third-order valence-electron chi connectivity index (χ3n) is 5.47. The predicted octanol–water partition coefficient (Wildman–Crippen LogP) is 3.85. The standard InChI is InChI=1S/C22H23N3O4/c1-26-17-7-4-15(5-8-17)22-23-21(29-24-22)14-25-10-2-3-18(25)16-6-9-19-20(13-16)28-12-11-27-19/h4-9,13,18H,2-3,10-12,14H2,1H3/t18-/m0/s1. The van der Waals surface area contributed by atoms with Gasteiger partial charge in [0.05, 0.1) is 13.7 Å². The summed E-state index contributed by atoms with van der Waals surface area (Å²) in [7, 11) is 1.65. The minimum Gasteiger partial charge on any atom is -0.497 e. The number of ether oxygens (including phenoxy) is 3.